The summed E-state index contributed by atoms with van der Waals surface area (Å²) in [5.41, 5.74) is 2.52. The van der Waals surface area contributed by atoms with Gasteiger partial charge in [-0.15, -0.1) is 0 Å². The Balaban J connectivity index is 1.79. The predicted molar refractivity (Wildman–Crippen MR) is 85.3 cm³/mol. The Kier molecular flexibility index (Phi) is 3.39. The third kappa shape index (κ3) is 2.68. The number of aromatic amines is 1. The fourth-order valence-electron chi connectivity index (χ4n) is 2.34. The number of halogens is 1. The Bertz CT molecular complexity index is 810. The van der Waals surface area contributed by atoms with E-state index >= 15 is 0 Å². The molecule has 0 spiro atoms. The van der Waals surface area contributed by atoms with Crippen molar-refractivity contribution in [2.75, 3.05) is 5.32 Å². The lowest BCUT2D eigenvalue weighted by atomic mass is 9.96. The minimum Gasteiger partial charge on any atom is -0.350 e. The second-order valence-electron chi connectivity index (χ2n) is 6.49. The molecule has 0 aliphatic carbocycles. The van der Waals surface area contributed by atoms with Crippen LogP contribution in [0, 0.1) is 5.82 Å². The smallest absolute Gasteiger partial charge is 0.203 e. The quantitative estimate of drug-likeness (QED) is 0.780. The number of imidazole rings is 2. The van der Waals surface area contributed by atoms with Crippen molar-refractivity contribution in [2.24, 2.45) is 7.05 Å². The summed E-state index contributed by atoms with van der Waals surface area (Å²) in [6.45, 7) is 6.93. The average Bonchev–Trinajstić information content (AvgIpc) is 3.01. The van der Waals surface area contributed by atoms with Crippen LogP contribution in [-0.4, -0.2) is 19.5 Å². The average molecular weight is 301 g/mol. The van der Waals surface area contributed by atoms with E-state index in [9.17, 15) is 4.39 Å². The summed E-state index contributed by atoms with van der Waals surface area (Å²) in [4.78, 5) is 12.1. The maximum absolute atomic E-state index is 13.3. The molecule has 0 unspecified atom stereocenters. The Hall–Kier alpha value is -2.37. The molecule has 0 atom stereocenters. The highest BCUT2D eigenvalue weighted by molar-refractivity contribution is 5.78. The summed E-state index contributed by atoms with van der Waals surface area (Å²) in [6.07, 6.45) is 1.83. The summed E-state index contributed by atoms with van der Waals surface area (Å²) < 4.78 is 15.2. The van der Waals surface area contributed by atoms with Crippen LogP contribution in [0.2, 0.25) is 0 Å². The Morgan fingerprint density at radius 1 is 1.32 bits per heavy atom. The molecule has 22 heavy (non-hydrogen) atoms. The lowest BCUT2D eigenvalue weighted by Gasteiger charge is -2.14. The van der Waals surface area contributed by atoms with Crippen LogP contribution in [0.25, 0.3) is 11.0 Å². The van der Waals surface area contributed by atoms with Gasteiger partial charge in [-0.1, -0.05) is 20.8 Å². The zero-order valence-electron chi connectivity index (χ0n) is 13.2. The van der Waals surface area contributed by atoms with Crippen molar-refractivity contribution in [3.63, 3.8) is 0 Å². The molecule has 0 fully saturated rings. The highest BCUT2D eigenvalue weighted by Crippen LogP contribution is 2.21. The highest BCUT2D eigenvalue weighted by atomic mass is 19.1. The van der Waals surface area contributed by atoms with Gasteiger partial charge in [0.05, 0.1) is 29.5 Å². The number of fused-ring (bicyclic) bond motifs is 1. The van der Waals surface area contributed by atoms with E-state index in [-0.39, 0.29) is 11.2 Å². The molecule has 2 heterocycles. The van der Waals surface area contributed by atoms with Crippen molar-refractivity contribution in [1.29, 1.82) is 0 Å². The van der Waals surface area contributed by atoms with Gasteiger partial charge in [-0.3, -0.25) is 0 Å². The normalized spacial score (nSPS) is 12.0. The summed E-state index contributed by atoms with van der Waals surface area (Å²) in [5, 5.41) is 3.26. The minimum atomic E-state index is -0.277. The highest BCUT2D eigenvalue weighted by Gasteiger charge is 2.17. The molecule has 2 N–H and O–H groups in total. The largest absolute Gasteiger partial charge is 0.350 e. The molecule has 0 saturated carbocycles. The maximum Gasteiger partial charge on any atom is 0.203 e. The number of rotatable bonds is 3. The van der Waals surface area contributed by atoms with Crippen LogP contribution in [0.3, 0.4) is 0 Å². The predicted octanol–water partition coefficient (Wildman–Crippen LogP) is 3.35. The molecule has 5 nitrogen and oxygen atoms in total. The minimum absolute atomic E-state index is 0.00627. The van der Waals surface area contributed by atoms with Gasteiger partial charge in [0, 0.05) is 18.5 Å². The van der Waals surface area contributed by atoms with Crippen molar-refractivity contribution in [3.8, 4) is 0 Å². The van der Waals surface area contributed by atoms with Gasteiger partial charge in [-0.25, -0.2) is 14.4 Å². The molecule has 6 heteroatoms. The van der Waals surface area contributed by atoms with Crippen LogP contribution in [0.5, 0.6) is 0 Å². The van der Waals surface area contributed by atoms with Gasteiger partial charge in [0.25, 0.3) is 0 Å². The molecule has 3 rings (SSSR count). The number of nitrogens with zero attached hydrogens (tertiary/aromatic N) is 3. The number of aromatic nitrogens is 4. The van der Waals surface area contributed by atoms with Gasteiger partial charge < -0.3 is 14.9 Å². The van der Waals surface area contributed by atoms with Crippen molar-refractivity contribution < 1.29 is 4.39 Å². The van der Waals surface area contributed by atoms with Crippen molar-refractivity contribution in [3.05, 3.63) is 41.7 Å². The SMILES string of the molecule is Cn1c(NCc2cnc(C(C)(C)C)[nH]2)nc2cc(F)ccc21. The van der Waals surface area contributed by atoms with Crippen molar-refractivity contribution in [2.45, 2.75) is 32.7 Å². The Morgan fingerprint density at radius 2 is 2.09 bits per heavy atom. The molecular weight excluding hydrogens is 281 g/mol. The van der Waals surface area contributed by atoms with E-state index < -0.39 is 0 Å². The topological polar surface area (TPSA) is 58.5 Å². The van der Waals surface area contributed by atoms with E-state index in [0.717, 1.165) is 17.0 Å². The molecule has 0 radical (unpaired) electrons. The summed E-state index contributed by atoms with van der Waals surface area (Å²) in [5.74, 6) is 1.38. The number of anilines is 1. The number of hydrogen-bond acceptors (Lipinski definition) is 3. The van der Waals surface area contributed by atoms with Crippen LogP contribution in [0.1, 0.15) is 32.3 Å². The second-order valence-corrected chi connectivity index (χ2v) is 6.49. The molecule has 0 amide bonds. The van der Waals surface area contributed by atoms with Gasteiger partial charge in [0.15, 0.2) is 0 Å². The van der Waals surface area contributed by atoms with Crippen LogP contribution < -0.4 is 5.32 Å². The zero-order chi connectivity index (χ0) is 15.9. The molecule has 0 aliphatic heterocycles. The summed E-state index contributed by atoms with van der Waals surface area (Å²) in [6, 6.07) is 4.61. The van der Waals surface area contributed by atoms with Crippen molar-refractivity contribution in [1.82, 2.24) is 19.5 Å². The number of benzene rings is 1. The first-order valence-corrected chi connectivity index (χ1v) is 7.25. The monoisotopic (exact) mass is 301 g/mol. The number of nitrogens with one attached hydrogen (secondary N) is 2. The fourth-order valence-corrected chi connectivity index (χ4v) is 2.34. The summed E-state index contributed by atoms with van der Waals surface area (Å²) in [7, 11) is 1.91. The first kappa shape index (κ1) is 14.6. The standard InChI is InChI=1S/C16H20FN5/c1-16(2,3)14-18-8-11(20-14)9-19-15-21-12-7-10(17)5-6-13(12)22(15)4/h5-8H,9H2,1-4H3,(H,18,20)(H,19,21). The van der Waals surface area contributed by atoms with Gasteiger partial charge in [0.2, 0.25) is 5.95 Å². The molecule has 2 aromatic heterocycles. The fraction of sp³-hybridized carbons (Fsp3) is 0.375. The van der Waals surface area contributed by atoms with E-state index in [1.807, 2.05) is 17.8 Å². The Morgan fingerprint density at radius 3 is 2.77 bits per heavy atom. The number of H-pyrrole nitrogens is 1. The van der Waals surface area contributed by atoms with Crippen LogP contribution in [0.15, 0.2) is 24.4 Å². The van der Waals surface area contributed by atoms with Gasteiger partial charge >= 0.3 is 0 Å². The number of aryl methyl sites for hydroxylation is 1. The van der Waals surface area contributed by atoms with Crippen LogP contribution >= 0.6 is 0 Å². The number of hydrogen-bond donors (Lipinski definition) is 2. The van der Waals surface area contributed by atoms with Gasteiger partial charge in [-0.2, -0.15) is 0 Å². The maximum atomic E-state index is 13.3. The molecule has 3 aromatic rings. The third-order valence-electron chi connectivity index (χ3n) is 3.62. The van der Waals surface area contributed by atoms with E-state index in [4.69, 9.17) is 0 Å². The second kappa shape index (κ2) is 5.12. The molecule has 0 bridgehead atoms. The summed E-state index contributed by atoms with van der Waals surface area (Å²) >= 11 is 0. The molecule has 0 aliphatic rings. The lowest BCUT2D eigenvalue weighted by molar-refractivity contribution is 0.551. The third-order valence-corrected chi connectivity index (χ3v) is 3.62. The van der Waals surface area contributed by atoms with Crippen LogP contribution in [-0.2, 0) is 19.0 Å². The first-order chi connectivity index (χ1) is 10.3. The lowest BCUT2D eigenvalue weighted by Crippen LogP contribution is -2.13. The van der Waals surface area contributed by atoms with Crippen molar-refractivity contribution >= 4 is 17.0 Å². The van der Waals surface area contributed by atoms with E-state index in [1.54, 1.807) is 6.07 Å². The van der Waals surface area contributed by atoms with Gasteiger partial charge in [0.1, 0.15) is 11.6 Å². The van der Waals surface area contributed by atoms with E-state index in [2.05, 4.69) is 41.0 Å². The van der Waals surface area contributed by atoms with Gasteiger partial charge in [-0.05, 0) is 12.1 Å². The van der Waals surface area contributed by atoms with Crippen LogP contribution in [0.4, 0.5) is 10.3 Å². The molecular formula is C16H20FN5. The molecule has 1 aromatic carbocycles. The molecule has 0 saturated heterocycles. The van der Waals surface area contributed by atoms with E-state index in [1.165, 1.54) is 12.1 Å². The Labute approximate surface area is 128 Å². The first-order valence-electron chi connectivity index (χ1n) is 7.25. The zero-order valence-corrected chi connectivity index (χ0v) is 13.2. The van der Waals surface area contributed by atoms with E-state index in [0.29, 0.717) is 18.0 Å². The molecule has 116 valence electrons.